The summed E-state index contributed by atoms with van der Waals surface area (Å²) in [5.41, 5.74) is 2.88. The number of fused-ring (bicyclic) bond motifs is 1. The summed E-state index contributed by atoms with van der Waals surface area (Å²) in [6.07, 6.45) is 9.20. The minimum Gasteiger partial charge on any atom is -0.343 e. The number of amides is 1. The van der Waals surface area contributed by atoms with Crippen LogP contribution < -0.4 is 11.2 Å². The largest absolute Gasteiger partial charge is 0.343 e. The van der Waals surface area contributed by atoms with E-state index in [2.05, 4.69) is 34.3 Å². The molecule has 4 aromatic rings. The van der Waals surface area contributed by atoms with Gasteiger partial charge in [0.2, 0.25) is 5.91 Å². The van der Waals surface area contributed by atoms with Crippen LogP contribution in [0.25, 0.3) is 11.2 Å². The molecular formula is C26H27N5O3. The van der Waals surface area contributed by atoms with Gasteiger partial charge in [-0.05, 0) is 54.9 Å². The average molecular weight is 458 g/mol. The maximum Gasteiger partial charge on any atom is 0.333 e. The highest BCUT2D eigenvalue weighted by Crippen LogP contribution is 2.24. The standard InChI is InChI=1S/C26H27N5O3/c32-24-11-14-30(26(34)28-24)23-18-27-31-15-10-21(17-22(23)31)16-20-8-12-29(13-9-20)25(33)7-6-19-4-2-1-3-5-19/h1-5,10-11,14-15,17-18,20H,6-9,12-13,16H2,(H,28,32,34). The van der Waals surface area contributed by atoms with Crippen molar-refractivity contribution in [3.05, 3.63) is 99.1 Å². The van der Waals surface area contributed by atoms with E-state index in [1.54, 1.807) is 10.7 Å². The summed E-state index contributed by atoms with van der Waals surface area (Å²) < 4.78 is 3.12. The Bertz CT molecular complexity index is 1410. The highest BCUT2D eigenvalue weighted by Gasteiger charge is 2.23. The summed E-state index contributed by atoms with van der Waals surface area (Å²) in [5, 5.41) is 4.34. The van der Waals surface area contributed by atoms with Crippen LogP contribution in [0.15, 0.2) is 76.7 Å². The second-order valence-electron chi connectivity index (χ2n) is 8.89. The Morgan fingerprint density at radius 1 is 1.00 bits per heavy atom. The molecule has 0 aliphatic carbocycles. The zero-order valence-corrected chi connectivity index (χ0v) is 18.9. The van der Waals surface area contributed by atoms with Gasteiger partial charge in [-0.25, -0.2) is 9.31 Å². The monoisotopic (exact) mass is 457 g/mol. The Balaban J connectivity index is 1.22. The van der Waals surface area contributed by atoms with Crippen molar-refractivity contribution in [3.63, 3.8) is 0 Å². The molecule has 1 amide bonds. The van der Waals surface area contributed by atoms with Crippen LogP contribution in [0.5, 0.6) is 0 Å². The number of rotatable bonds is 6. The van der Waals surface area contributed by atoms with Crippen LogP contribution in [0, 0.1) is 5.92 Å². The average Bonchev–Trinajstić information content (AvgIpc) is 3.27. The Kier molecular flexibility index (Phi) is 6.12. The number of H-pyrrole nitrogens is 1. The van der Waals surface area contributed by atoms with Crippen molar-refractivity contribution in [2.75, 3.05) is 13.1 Å². The first-order valence-electron chi connectivity index (χ1n) is 11.7. The molecule has 0 atom stereocenters. The van der Waals surface area contributed by atoms with E-state index in [4.69, 9.17) is 0 Å². The summed E-state index contributed by atoms with van der Waals surface area (Å²) in [4.78, 5) is 40.6. The molecule has 1 aromatic carbocycles. The Hall–Kier alpha value is -3.94. The molecule has 1 fully saturated rings. The molecule has 0 spiro atoms. The van der Waals surface area contributed by atoms with E-state index in [-0.39, 0.29) is 5.91 Å². The SMILES string of the molecule is O=C(CCc1ccccc1)N1CCC(Cc2ccn3ncc(-n4ccc(=O)[nH]c4=O)c3c2)CC1. The number of aromatic amines is 1. The zero-order chi connectivity index (χ0) is 23.5. The number of carbonyl (C=O) groups is 1. The first-order chi connectivity index (χ1) is 16.6. The molecule has 3 aromatic heterocycles. The van der Waals surface area contributed by atoms with Gasteiger partial charge in [0.25, 0.3) is 5.56 Å². The van der Waals surface area contributed by atoms with E-state index >= 15 is 0 Å². The topological polar surface area (TPSA) is 92.5 Å². The van der Waals surface area contributed by atoms with Crippen LogP contribution in [0.2, 0.25) is 0 Å². The molecule has 0 saturated carbocycles. The van der Waals surface area contributed by atoms with Crippen molar-refractivity contribution in [3.8, 4) is 5.69 Å². The smallest absolute Gasteiger partial charge is 0.333 e. The van der Waals surface area contributed by atoms with Crippen LogP contribution in [0.3, 0.4) is 0 Å². The number of likely N-dealkylation sites (tertiary alicyclic amines) is 1. The van der Waals surface area contributed by atoms with Gasteiger partial charge in [0.05, 0.1) is 17.4 Å². The predicted octanol–water partition coefficient (Wildman–Crippen LogP) is 2.59. The van der Waals surface area contributed by atoms with Crippen molar-refractivity contribution < 1.29 is 4.79 Å². The molecule has 1 aliphatic rings. The predicted molar refractivity (Wildman–Crippen MR) is 129 cm³/mol. The van der Waals surface area contributed by atoms with E-state index < -0.39 is 11.2 Å². The lowest BCUT2D eigenvalue weighted by molar-refractivity contribution is -0.132. The van der Waals surface area contributed by atoms with Crippen LogP contribution in [-0.4, -0.2) is 43.1 Å². The Morgan fingerprint density at radius 3 is 2.56 bits per heavy atom. The van der Waals surface area contributed by atoms with Crippen LogP contribution in [0.4, 0.5) is 0 Å². The number of aromatic nitrogens is 4. The number of piperidine rings is 1. The molecular weight excluding hydrogens is 430 g/mol. The third-order valence-electron chi connectivity index (χ3n) is 6.61. The molecule has 0 bridgehead atoms. The maximum atomic E-state index is 12.6. The fourth-order valence-corrected chi connectivity index (χ4v) is 4.70. The van der Waals surface area contributed by atoms with E-state index in [1.165, 1.54) is 28.0 Å². The van der Waals surface area contributed by atoms with E-state index in [9.17, 15) is 14.4 Å². The van der Waals surface area contributed by atoms with Gasteiger partial charge in [0.15, 0.2) is 0 Å². The number of nitrogens with one attached hydrogen (secondary N) is 1. The molecule has 1 saturated heterocycles. The quantitative estimate of drug-likeness (QED) is 0.482. The van der Waals surface area contributed by atoms with Gasteiger partial charge in [0.1, 0.15) is 0 Å². The van der Waals surface area contributed by atoms with Gasteiger partial charge >= 0.3 is 5.69 Å². The number of hydrogen-bond acceptors (Lipinski definition) is 4. The number of hydrogen-bond donors (Lipinski definition) is 1. The normalized spacial score (nSPS) is 14.5. The summed E-state index contributed by atoms with van der Waals surface area (Å²) >= 11 is 0. The number of benzene rings is 1. The van der Waals surface area contributed by atoms with Crippen molar-refractivity contribution >= 4 is 11.4 Å². The van der Waals surface area contributed by atoms with Gasteiger partial charge in [0, 0.05) is 38.0 Å². The minimum absolute atomic E-state index is 0.235. The molecule has 174 valence electrons. The number of nitrogens with zero attached hydrogens (tertiary/aromatic N) is 4. The van der Waals surface area contributed by atoms with Crippen molar-refractivity contribution in [2.45, 2.75) is 32.1 Å². The summed E-state index contributed by atoms with van der Waals surface area (Å²) in [6, 6.07) is 15.6. The van der Waals surface area contributed by atoms with Gasteiger partial charge in [-0.2, -0.15) is 5.10 Å². The first-order valence-corrected chi connectivity index (χ1v) is 11.7. The van der Waals surface area contributed by atoms with Crippen LogP contribution >= 0.6 is 0 Å². The van der Waals surface area contributed by atoms with Gasteiger partial charge in [-0.3, -0.25) is 19.1 Å². The fourth-order valence-electron chi connectivity index (χ4n) is 4.70. The molecule has 34 heavy (non-hydrogen) atoms. The van der Waals surface area contributed by atoms with Crippen molar-refractivity contribution in [1.82, 2.24) is 24.1 Å². The van der Waals surface area contributed by atoms with E-state index in [1.807, 2.05) is 29.3 Å². The minimum atomic E-state index is -0.489. The third-order valence-corrected chi connectivity index (χ3v) is 6.61. The molecule has 8 nitrogen and oxygen atoms in total. The second kappa shape index (κ2) is 9.51. The molecule has 0 unspecified atom stereocenters. The van der Waals surface area contributed by atoms with E-state index in [0.717, 1.165) is 44.3 Å². The van der Waals surface area contributed by atoms with Gasteiger partial charge < -0.3 is 4.90 Å². The Morgan fingerprint density at radius 2 is 1.79 bits per heavy atom. The summed E-state index contributed by atoms with van der Waals surface area (Å²) in [7, 11) is 0. The lowest BCUT2D eigenvalue weighted by Gasteiger charge is -2.32. The zero-order valence-electron chi connectivity index (χ0n) is 18.9. The van der Waals surface area contributed by atoms with Crippen LogP contribution in [-0.2, 0) is 17.6 Å². The van der Waals surface area contributed by atoms with Crippen LogP contribution in [0.1, 0.15) is 30.4 Å². The summed E-state index contributed by atoms with van der Waals surface area (Å²) in [6.45, 7) is 1.59. The fraction of sp³-hybridized carbons (Fsp3) is 0.308. The highest BCUT2D eigenvalue weighted by molar-refractivity contribution is 5.76. The Labute approximate surface area is 196 Å². The maximum absolute atomic E-state index is 12.6. The second-order valence-corrected chi connectivity index (χ2v) is 8.89. The number of aryl methyl sites for hydroxylation is 1. The molecule has 0 radical (unpaired) electrons. The molecule has 5 rings (SSSR count). The van der Waals surface area contributed by atoms with Gasteiger partial charge in [-0.15, -0.1) is 0 Å². The molecule has 1 aliphatic heterocycles. The number of carbonyl (C=O) groups excluding carboxylic acids is 1. The molecule has 1 N–H and O–H groups in total. The number of pyridine rings is 1. The summed E-state index contributed by atoms with van der Waals surface area (Å²) in [5.74, 6) is 0.738. The third kappa shape index (κ3) is 4.71. The lowest BCUT2D eigenvalue weighted by atomic mass is 9.90. The molecule has 4 heterocycles. The van der Waals surface area contributed by atoms with Gasteiger partial charge in [-0.1, -0.05) is 30.3 Å². The van der Waals surface area contributed by atoms with Crippen molar-refractivity contribution in [1.29, 1.82) is 0 Å². The lowest BCUT2D eigenvalue weighted by Crippen LogP contribution is -2.39. The highest BCUT2D eigenvalue weighted by atomic mass is 16.2. The van der Waals surface area contributed by atoms with Crippen molar-refractivity contribution in [2.24, 2.45) is 5.92 Å². The van der Waals surface area contributed by atoms with E-state index in [0.29, 0.717) is 18.0 Å². The molecule has 8 heteroatoms. The first kappa shape index (κ1) is 21.9.